The van der Waals surface area contributed by atoms with Gasteiger partial charge in [-0.25, -0.2) is 4.39 Å². The van der Waals surface area contributed by atoms with E-state index < -0.39 is 0 Å². The lowest BCUT2D eigenvalue weighted by Gasteiger charge is -2.18. The van der Waals surface area contributed by atoms with Crippen LogP contribution in [-0.4, -0.2) is 19.1 Å². The summed E-state index contributed by atoms with van der Waals surface area (Å²) in [5.41, 5.74) is 6.42. The fourth-order valence-electron chi connectivity index (χ4n) is 1.71. The van der Waals surface area contributed by atoms with Crippen LogP contribution in [0.25, 0.3) is 0 Å². The van der Waals surface area contributed by atoms with Gasteiger partial charge in [0.25, 0.3) is 0 Å². The molecular weight excluding hydrogens is 167 g/mol. The maximum atomic E-state index is 13.3. The minimum Gasteiger partial charge on any atom is -0.368 e. The molecule has 0 spiro atoms. The van der Waals surface area contributed by atoms with Crippen molar-refractivity contribution in [3.8, 4) is 0 Å². The van der Waals surface area contributed by atoms with Crippen LogP contribution in [0.4, 0.5) is 10.1 Å². The molecule has 0 amide bonds. The highest BCUT2D eigenvalue weighted by molar-refractivity contribution is 5.48. The van der Waals surface area contributed by atoms with Crippen molar-refractivity contribution in [3.05, 3.63) is 30.1 Å². The van der Waals surface area contributed by atoms with E-state index in [2.05, 4.69) is 0 Å². The molecule has 1 saturated heterocycles. The van der Waals surface area contributed by atoms with Gasteiger partial charge in [-0.3, -0.25) is 0 Å². The lowest BCUT2D eigenvalue weighted by Crippen LogP contribution is -2.26. The molecule has 1 aromatic carbocycles. The number of halogens is 1. The van der Waals surface area contributed by atoms with Gasteiger partial charge in [-0.05, 0) is 18.6 Å². The Balaban J connectivity index is 2.21. The van der Waals surface area contributed by atoms with Gasteiger partial charge in [0.15, 0.2) is 0 Å². The Labute approximate surface area is 77.2 Å². The fraction of sp³-hybridized carbons (Fsp3) is 0.400. The van der Waals surface area contributed by atoms with Crippen molar-refractivity contribution in [1.82, 2.24) is 0 Å². The van der Waals surface area contributed by atoms with Gasteiger partial charge < -0.3 is 10.6 Å². The summed E-state index contributed by atoms with van der Waals surface area (Å²) in [6.45, 7) is 1.63. The van der Waals surface area contributed by atoms with Crippen molar-refractivity contribution in [2.75, 3.05) is 18.0 Å². The summed E-state index contributed by atoms with van der Waals surface area (Å²) < 4.78 is 13.3. The average molecular weight is 180 g/mol. The first kappa shape index (κ1) is 8.51. The van der Waals surface area contributed by atoms with Gasteiger partial charge in [0, 0.05) is 19.1 Å². The van der Waals surface area contributed by atoms with E-state index in [-0.39, 0.29) is 11.9 Å². The molecule has 0 saturated carbocycles. The Morgan fingerprint density at radius 2 is 2.15 bits per heavy atom. The third-order valence-electron chi connectivity index (χ3n) is 2.42. The Bertz CT molecular complexity index is 301. The molecule has 70 valence electrons. The van der Waals surface area contributed by atoms with Crippen molar-refractivity contribution in [1.29, 1.82) is 0 Å². The first-order valence-electron chi connectivity index (χ1n) is 4.52. The van der Waals surface area contributed by atoms with Crippen molar-refractivity contribution >= 4 is 5.69 Å². The number of para-hydroxylation sites is 1. The fourth-order valence-corrected chi connectivity index (χ4v) is 1.71. The largest absolute Gasteiger partial charge is 0.368 e. The van der Waals surface area contributed by atoms with E-state index in [9.17, 15) is 4.39 Å². The van der Waals surface area contributed by atoms with E-state index in [0.717, 1.165) is 19.5 Å². The standard InChI is InChI=1S/C10H13FN2/c11-9-3-1-2-4-10(9)13-6-5-8(12)7-13/h1-4,8H,5-7,12H2. The lowest BCUT2D eigenvalue weighted by molar-refractivity contribution is 0.622. The van der Waals surface area contributed by atoms with Crippen LogP contribution in [-0.2, 0) is 0 Å². The van der Waals surface area contributed by atoms with E-state index in [0.29, 0.717) is 5.69 Å². The molecule has 2 rings (SSSR count). The third-order valence-corrected chi connectivity index (χ3v) is 2.42. The quantitative estimate of drug-likeness (QED) is 0.707. The van der Waals surface area contributed by atoms with E-state index in [4.69, 9.17) is 5.73 Å². The second-order valence-electron chi connectivity index (χ2n) is 3.45. The highest BCUT2D eigenvalue weighted by Crippen LogP contribution is 2.22. The van der Waals surface area contributed by atoms with Crippen molar-refractivity contribution in [2.24, 2.45) is 5.73 Å². The van der Waals surface area contributed by atoms with Crippen molar-refractivity contribution in [2.45, 2.75) is 12.5 Å². The zero-order valence-corrected chi connectivity index (χ0v) is 7.41. The normalized spacial score (nSPS) is 22.3. The van der Waals surface area contributed by atoms with E-state index >= 15 is 0 Å². The molecule has 0 aromatic heterocycles. The maximum Gasteiger partial charge on any atom is 0.146 e. The highest BCUT2D eigenvalue weighted by Gasteiger charge is 2.20. The molecule has 3 heteroatoms. The third kappa shape index (κ3) is 1.65. The van der Waals surface area contributed by atoms with E-state index in [1.54, 1.807) is 12.1 Å². The minimum atomic E-state index is -0.156. The maximum absolute atomic E-state index is 13.3. The van der Waals surface area contributed by atoms with Crippen LogP contribution in [0.2, 0.25) is 0 Å². The monoisotopic (exact) mass is 180 g/mol. The number of rotatable bonds is 1. The van der Waals surface area contributed by atoms with Crippen molar-refractivity contribution in [3.63, 3.8) is 0 Å². The lowest BCUT2D eigenvalue weighted by atomic mass is 10.3. The van der Waals surface area contributed by atoms with Gasteiger partial charge in [0.2, 0.25) is 0 Å². The topological polar surface area (TPSA) is 29.3 Å². The predicted molar refractivity (Wildman–Crippen MR) is 51.2 cm³/mol. The summed E-state index contributed by atoms with van der Waals surface area (Å²) >= 11 is 0. The zero-order chi connectivity index (χ0) is 9.26. The Morgan fingerprint density at radius 3 is 2.77 bits per heavy atom. The molecule has 0 aliphatic carbocycles. The smallest absolute Gasteiger partial charge is 0.146 e. The van der Waals surface area contributed by atoms with E-state index in [1.807, 2.05) is 11.0 Å². The molecule has 0 radical (unpaired) electrons. The number of anilines is 1. The van der Waals surface area contributed by atoms with Gasteiger partial charge in [0.1, 0.15) is 5.82 Å². The van der Waals surface area contributed by atoms with Crippen LogP contribution in [0.3, 0.4) is 0 Å². The Hall–Kier alpha value is -1.09. The minimum absolute atomic E-state index is 0.156. The molecular formula is C10H13FN2. The molecule has 1 atom stereocenters. The van der Waals surface area contributed by atoms with E-state index in [1.165, 1.54) is 6.07 Å². The van der Waals surface area contributed by atoms with Crippen LogP contribution in [0.15, 0.2) is 24.3 Å². The first-order chi connectivity index (χ1) is 6.27. The summed E-state index contributed by atoms with van der Waals surface area (Å²) in [7, 11) is 0. The number of nitrogens with two attached hydrogens (primary N) is 1. The molecule has 1 heterocycles. The number of hydrogen-bond donors (Lipinski definition) is 1. The first-order valence-corrected chi connectivity index (χ1v) is 4.52. The Morgan fingerprint density at radius 1 is 1.38 bits per heavy atom. The van der Waals surface area contributed by atoms with Crippen LogP contribution in [0.1, 0.15) is 6.42 Å². The molecule has 1 aliphatic heterocycles. The molecule has 2 nitrogen and oxygen atoms in total. The summed E-state index contributed by atoms with van der Waals surface area (Å²) in [4.78, 5) is 2.00. The second kappa shape index (κ2) is 3.34. The average Bonchev–Trinajstić information content (AvgIpc) is 2.53. The van der Waals surface area contributed by atoms with Crippen LogP contribution in [0, 0.1) is 5.82 Å². The van der Waals surface area contributed by atoms with Crippen LogP contribution in [0.5, 0.6) is 0 Å². The molecule has 0 bridgehead atoms. The van der Waals surface area contributed by atoms with Gasteiger partial charge >= 0.3 is 0 Å². The van der Waals surface area contributed by atoms with Crippen LogP contribution < -0.4 is 10.6 Å². The van der Waals surface area contributed by atoms with Gasteiger partial charge in [-0.15, -0.1) is 0 Å². The van der Waals surface area contributed by atoms with Gasteiger partial charge in [0.05, 0.1) is 5.69 Å². The number of hydrogen-bond acceptors (Lipinski definition) is 2. The van der Waals surface area contributed by atoms with Crippen molar-refractivity contribution < 1.29 is 4.39 Å². The highest BCUT2D eigenvalue weighted by atomic mass is 19.1. The Kier molecular flexibility index (Phi) is 2.19. The molecule has 1 unspecified atom stereocenters. The summed E-state index contributed by atoms with van der Waals surface area (Å²) in [5, 5.41) is 0. The van der Waals surface area contributed by atoms with Gasteiger partial charge in [-0.1, -0.05) is 12.1 Å². The number of benzene rings is 1. The predicted octanol–water partition coefficient (Wildman–Crippen LogP) is 1.36. The van der Waals surface area contributed by atoms with Crippen LogP contribution >= 0.6 is 0 Å². The molecule has 2 N–H and O–H groups in total. The molecule has 1 aromatic rings. The summed E-state index contributed by atoms with van der Waals surface area (Å²) in [5.74, 6) is -0.156. The molecule has 1 fully saturated rings. The zero-order valence-electron chi connectivity index (χ0n) is 7.41. The second-order valence-corrected chi connectivity index (χ2v) is 3.45. The number of nitrogens with zero attached hydrogens (tertiary/aromatic N) is 1. The summed E-state index contributed by atoms with van der Waals surface area (Å²) in [6, 6.07) is 7.03. The summed E-state index contributed by atoms with van der Waals surface area (Å²) in [6.07, 6.45) is 0.953. The SMILES string of the molecule is NC1CCN(c2ccccc2F)C1. The van der Waals surface area contributed by atoms with Gasteiger partial charge in [-0.2, -0.15) is 0 Å². The molecule has 1 aliphatic rings. The molecule has 13 heavy (non-hydrogen) atoms.